The van der Waals surface area contributed by atoms with Crippen molar-refractivity contribution in [3.8, 4) is 11.5 Å². The lowest BCUT2D eigenvalue weighted by Crippen LogP contribution is -2.53. The van der Waals surface area contributed by atoms with E-state index < -0.39 is 16.1 Å². The molecule has 1 saturated heterocycles. The number of hydrogen-bond donors (Lipinski definition) is 3. The minimum absolute atomic E-state index is 0.134. The number of rotatable bonds is 10. The van der Waals surface area contributed by atoms with Crippen LogP contribution in [0.5, 0.6) is 11.5 Å². The molecule has 3 N–H and O–H groups in total. The second-order valence-electron chi connectivity index (χ2n) is 9.04. The molecule has 0 spiro atoms. The second-order valence-corrected chi connectivity index (χ2v) is 11.0. The summed E-state index contributed by atoms with van der Waals surface area (Å²) in [6.07, 6.45) is 1.10. The van der Waals surface area contributed by atoms with Crippen molar-refractivity contribution in [1.29, 1.82) is 0 Å². The summed E-state index contributed by atoms with van der Waals surface area (Å²) in [7, 11) is -0.662. The summed E-state index contributed by atoms with van der Waals surface area (Å²) in [5.74, 6) is 0.155. The second kappa shape index (κ2) is 12.7. The predicted octanol–water partition coefficient (Wildman–Crippen LogP) is 1.68. The van der Waals surface area contributed by atoms with Gasteiger partial charge in [0.05, 0.1) is 19.1 Å². The fourth-order valence-corrected chi connectivity index (χ4v) is 5.77. The summed E-state index contributed by atoms with van der Waals surface area (Å²) in [5, 5.41) is 8.27. The topological polar surface area (TPSA) is 143 Å². The minimum atomic E-state index is -3.72. The Bertz CT molecular complexity index is 1260. The van der Waals surface area contributed by atoms with Crippen LogP contribution in [0.4, 0.5) is 5.69 Å². The van der Waals surface area contributed by atoms with Gasteiger partial charge < -0.3 is 25.4 Å². The molecule has 2 aromatic carbocycles. The minimum Gasteiger partial charge on any atom is -0.493 e. The Kier molecular flexibility index (Phi) is 9.70. The van der Waals surface area contributed by atoms with Gasteiger partial charge in [0.1, 0.15) is 6.04 Å². The number of anilines is 1. The van der Waals surface area contributed by atoms with Crippen LogP contribution in [0.15, 0.2) is 47.4 Å². The zero-order valence-corrected chi connectivity index (χ0v) is 22.8. The Morgan fingerprint density at radius 1 is 0.947 bits per heavy atom. The molecule has 0 saturated carbocycles. The molecule has 1 atom stereocenters. The summed E-state index contributed by atoms with van der Waals surface area (Å²) in [6.45, 7) is 3.20. The first-order chi connectivity index (χ1) is 18.0. The van der Waals surface area contributed by atoms with Gasteiger partial charge in [-0.3, -0.25) is 14.4 Å². The molecule has 2 aromatic rings. The number of nitrogens with one attached hydrogen (secondary N) is 3. The number of hydrogen-bond acceptors (Lipinski definition) is 7. The summed E-state index contributed by atoms with van der Waals surface area (Å²) in [4.78, 5) is 36.2. The molecule has 3 rings (SSSR count). The van der Waals surface area contributed by atoms with Gasteiger partial charge >= 0.3 is 0 Å². The van der Waals surface area contributed by atoms with Crippen molar-refractivity contribution >= 4 is 33.4 Å². The van der Waals surface area contributed by atoms with E-state index >= 15 is 0 Å². The van der Waals surface area contributed by atoms with E-state index in [-0.39, 0.29) is 48.2 Å². The summed E-state index contributed by atoms with van der Waals surface area (Å²) in [6, 6.07) is 10.3. The molecule has 1 heterocycles. The molecule has 11 nitrogen and oxygen atoms in total. The molecule has 0 unspecified atom stereocenters. The van der Waals surface area contributed by atoms with Gasteiger partial charge in [-0.15, -0.1) is 0 Å². The zero-order chi connectivity index (χ0) is 27.9. The average molecular weight is 547 g/mol. The fourth-order valence-electron chi connectivity index (χ4n) is 4.30. The Labute approximate surface area is 222 Å². The van der Waals surface area contributed by atoms with Crippen molar-refractivity contribution in [2.24, 2.45) is 0 Å². The first-order valence-corrected chi connectivity index (χ1v) is 13.6. The van der Waals surface area contributed by atoms with E-state index in [0.717, 1.165) is 5.56 Å². The molecule has 12 heteroatoms. The van der Waals surface area contributed by atoms with Gasteiger partial charge in [-0.05, 0) is 54.8 Å². The third-order valence-corrected chi connectivity index (χ3v) is 8.11. The van der Waals surface area contributed by atoms with Crippen molar-refractivity contribution < 1.29 is 32.3 Å². The Hall–Kier alpha value is -3.64. The summed E-state index contributed by atoms with van der Waals surface area (Å²) >= 11 is 0. The Balaban J connectivity index is 1.61. The molecule has 0 radical (unpaired) electrons. The van der Waals surface area contributed by atoms with Gasteiger partial charge in [0, 0.05) is 45.1 Å². The number of amides is 3. The normalized spacial score (nSPS) is 15.3. The van der Waals surface area contributed by atoms with E-state index in [1.165, 1.54) is 44.5 Å². The van der Waals surface area contributed by atoms with Crippen LogP contribution in [0, 0.1) is 0 Å². The maximum Gasteiger partial charge on any atom is 0.243 e. The smallest absolute Gasteiger partial charge is 0.243 e. The van der Waals surface area contributed by atoms with E-state index in [4.69, 9.17) is 9.47 Å². The average Bonchev–Trinajstić information content (AvgIpc) is 2.88. The number of sulfonamides is 1. The molecule has 3 amide bonds. The van der Waals surface area contributed by atoms with E-state index in [1.54, 1.807) is 30.3 Å². The van der Waals surface area contributed by atoms with Crippen molar-refractivity contribution in [2.45, 2.75) is 50.1 Å². The number of piperidine rings is 1. The first kappa shape index (κ1) is 28.9. The molecule has 1 aliphatic heterocycles. The van der Waals surface area contributed by atoms with E-state index in [1.807, 2.05) is 0 Å². The molecular formula is C26H34N4O7S. The summed E-state index contributed by atoms with van der Waals surface area (Å²) < 4.78 is 38.1. The Morgan fingerprint density at radius 3 is 2.13 bits per heavy atom. The van der Waals surface area contributed by atoms with Crippen molar-refractivity contribution in [1.82, 2.24) is 14.9 Å². The number of benzene rings is 2. The summed E-state index contributed by atoms with van der Waals surface area (Å²) in [5.41, 5.74) is 1.29. The number of carbonyl (C=O) groups excluding carboxylic acids is 3. The van der Waals surface area contributed by atoms with E-state index in [0.29, 0.717) is 30.0 Å². The van der Waals surface area contributed by atoms with Gasteiger partial charge in [-0.1, -0.05) is 6.07 Å². The van der Waals surface area contributed by atoms with Gasteiger partial charge in [0.2, 0.25) is 27.7 Å². The molecule has 0 bridgehead atoms. The zero-order valence-electron chi connectivity index (χ0n) is 21.9. The van der Waals surface area contributed by atoms with Crippen molar-refractivity contribution in [2.75, 3.05) is 32.6 Å². The number of ether oxygens (including phenoxy) is 2. The lowest BCUT2D eigenvalue weighted by atomic mass is 10.0. The van der Waals surface area contributed by atoms with Crippen LogP contribution in [0.1, 0.15) is 32.3 Å². The number of methoxy groups -OCH3 is 2. The van der Waals surface area contributed by atoms with Crippen LogP contribution in [0.25, 0.3) is 0 Å². The molecule has 1 fully saturated rings. The maximum absolute atomic E-state index is 13.1. The van der Waals surface area contributed by atoms with Gasteiger partial charge in [0.15, 0.2) is 11.5 Å². The monoisotopic (exact) mass is 546 g/mol. The Morgan fingerprint density at radius 2 is 1.58 bits per heavy atom. The quantitative estimate of drug-likeness (QED) is 0.411. The van der Waals surface area contributed by atoms with Crippen molar-refractivity contribution in [3.05, 3.63) is 48.0 Å². The molecule has 0 aromatic heterocycles. The standard InChI is InChI=1S/C26H34N4O7S/c1-17(31)27-20-6-8-22(9-7-20)38(34,35)30-13-11-21(12-14-30)29-26(33)23(28-18(2)32)15-19-5-10-24(36-3)25(16-19)37-4/h5-10,16,21,23H,11-15H2,1-4H3,(H,27,31)(H,28,32)(H,29,33)/t23-/m0/s1. The van der Waals surface area contributed by atoms with Crippen LogP contribution >= 0.6 is 0 Å². The predicted molar refractivity (Wildman–Crippen MR) is 142 cm³/mol. The van der Waals surface area contributed by atoms with Crippen LogP contribution in [-0.2, 0) is 30.8 Å². The van der Waals surface area contributed by atoms with Crippen LogP contribution in [0.3, 0.4) is 0 Å². The largest absolute Gasteiger partial charge is 0.493 e. The first-order valence-electron chi connectivity index (χ1n) is 12.2. The third kappa shape index (κ3) is 7.45. The highest BCUT2D eigenvalue weighted by molar-refractivity contribution is 7.89. The lowest BCUT2D eigenvalue weighted by Gasteiger charge is -2.32. The van der Waals surface area contributed by atoms with Gasteiger partial charge in [0.25, 0.3) is 0 Å². The highest BCUT2D eigenvalue weighted by Gasteiger charge is 2.31. The molecular weight excluding hydrogens is 512 g/mol. The highest BCUT2D eigenvalue weighted by Crippen LogP contribution is 2.28. The molecule has 0 aliphatic carbocycles. The molecule has 38 heavy (non-hydrogen) atoms. The number of nitrogens with zero attached hydrogens (tertiary/aromatic N) is 1. The van der Waals surface area contributed by atoms with Crippen molar-refractivity contribution in [3.63, 3.8) is 0 Å². The van der Waals surface area contributed by atoms with Gasteiger partial charge in [-0.2, -0.15) is 4.31 Å². The maximum atomic E-state index is 13.1. The van der Waals surface area contributed by atoms with E-state index in [9.17, 15) is 22.8 Å². The van der Waals surface area contributed by atoms with E-state index in [2.05, 4.69) is 16.0 Å². The highest BCUT2D eigenvalue weighted by atomic mass is 32.2. The lowest BCUT2D eigenvalue weighted by molar-refractivity contribution is -0.128. The van der Waals surface area contributed by atoms with Crippen LogP contribution in [0.2, 0.25) is 0 Å². The SMILES string of the molecule is COc1ccc(C[C@H](NC(C)=O)C(=O)NC2CCN(S(=O)(=O)c3ccc(NC(C)=O)cc3)CC2)cc1OC. The fraction of sp³-hybridized carbons (Fsp3) is 0.423. The number of carbonyl (C=O) groups is 3. The third-order valence-electron chi connectivity index (χ3n) is 6.19. The molecule has 206 valence electrons. The molecule has 1 aliphatic rings. The van der Waals surface area contributed by atoms with Crippen LogP contribution < -0.4 is 25.4 Å². The van der Waals surface area contributed by atoms with Gasteiger partial charge in [-0.25, -0.2) is 8.42 Å². The van der Waals surface area contributed by atoms with Crippen LogP contribution in [-0.4, -0.2) is 69.8 Å².